The van der Waals surface area contributed by atoms with Crippen LogP contribution in [0.3, 0.4) is 0 Å². The van der Waals surface area contributed by atoms with Crippen molar-refractivity contribution in [3.63, 3.8) is 0 Å². The minimum absolute atomic E-state index is 0.0907. The highest BCUT2D eigenvalue weighted by atomic mass is 16.5. The van der Waals surface area contributed by atoms with E-state index in [0.717, 1.165) is 22.3 Å². The van der Waals surface area contributed by atoms with Gasteiger partial charge in [0.2, 0.25) is 5.91 Å². The molecule has 0 bridgehead atoms. The Bertz CT molecular complexity index is 1060. The second-order valence-electron chi connectivity index (χ2n) is 9.10. The van der Waals surface area contributed by atoms with E-state index in [4.69, 9.17) is 14.2 Å². The molecule has 9 nitrogen and oxygen atoms in total. The number of fused-ring (bicyclic) bond motifs is 3. The number of hydrogen-bond donors (Lipinski definition) is 3. The van der Waals surface area contributed by atoms with Crippen molar-refractivity contribution in [3.05, 3.63) is 59.7 Å². The van der Waals surface area contributed by atoms with E-state index in [1.807, 2.05) is 36.4 Å². The normalized spacial score (nSPS) is 20.4. The van der Waals surface area contributed by atoms with E-state index < -0.39 is 29.6 Å². The van der Waals surface area contributed by atoms with Gasteiger partial charge >= 0.3 is 12.1 Å². The maximum Gasteiger partial charge on any atom is 0.408 e. The highest BCUT2D eigenvalue weighted by Gasteiger charge is 2.39. The van der Waals surface area contributed by atoms with Gasteiger partial charge in [-0.3, -0.25) is 4.79 Å². The fourth-order valence-electron chi connectivity index (χ4n) is 4.84. The molecule has 1 aliphatic carbocycles. The molecule has 1 aliphatic heterocycles. The SMILES string of the molecule is COCC(C)(NC(=O)OCC1c2ccccc2-c2ccccc21)C(=O)NC[C@@H]1CCO[C@@H]1C(=O)O. The number of benzene rings is 2. The lowest BCUT2D eigenvalue weighted by Crippen LogP contribution is -2.60. The molecule has 1 unspecified atom stereocenters. The zero-order valence-electron chi connectivity index (χ0n) is 19.8. The van der Waals surface area contributed by atoms with Crippen LogP contribution in [-0.4, -0.2) is 68.2 Å². The number of carboxylic acids is 1. The van der Waals surface area contributed by atoms with E-state index in [1.54, 1.807) is 0 Å². The number of hydrogen-bond acceptors (Lipinski definition) is 6. The number of amides is 2. The van der Waals surface area contributed by atoms with Crippen LogP contribution in [0.15, 0.2) is 48.5 Å². The van der Waals surface area contributed by atoms with Crippen molar-refractivity contribution in [2.24, 2.45) is 5.92 Å². The van der Waals surface area contributed by atoms with Crippen LogP contribution in [-0.2, 0) is 23.8 Å². The molecule has 2 aliphatic rings. The Morgan fingerprint density at radius 2 is 1.71 bits per heavy atom. The van der Waals surface area contributed by atoms with Crippen molar-refractivity contribution in [3.8, 4) is 11.1 Å². The second kappa shape index (κ2) is 10.5. The van der Waals surface area contributed by atoms with Gasteiger partial charge in [0.15, 0.2) is 6.10 Å². The summed E-state index contributed by atoms with van der Waals surface area (Å²) >= 11 is 0. The van der Waals surface area contributed by atoms with Gasteiger partial charge < -0.3 is 30.0 Å². The summed E-state index contributed by atoms with van der Waals surface area (Å²) in [6, 6.07) is 16.1. The smallest absolute Gasteiger partial charge is 0.408 e. The highest BCUT2D eigenvalue weighted by Crippen LogP contribution is 2.44. The number of ether oxygens (including phenoxy) is 3. The monoisotopic (exact) mass is 482 g/mol. The predicted molar refractivity (Wildman–Crippen MR) is 127 cm³/mol. The third kappa shape index (κ3) is 5.16. The summed E-state index contributed by atoms with van der Waals surface area (Å²) in [5.74, 6) is -2.01. The molecule has 9 heteroatoms. The number of methoxy groups -OCH3 is 1. The van der Waals surface area contributed by atoms with Gasteiger partial charge in [0.1, 0.15) is 12.1 Å². The van der Waals surface area contributed by atoms with Crippen LogP contribution in [0, 0.1) is 5.92 Å². The number of carbonyl (C=O) groups is 3. The van der Waals surface area contributed by atoms with E-state index in [-0.39, 0.29) is 31.6 Å². The molecule has 0 spiro atoms. The third-order valence-corrected chi connectivity index (χ3v) is 6.64. The Hall–Kier alpha value is -3.43. The predicted octanol–water partition coefficient (Wildman–Crippen LogP) is 2.54. The van der Waals surface area contributed by atoms with E-state index in [1.165, 1.54) is 14.0 Å². The van der Waals surface area contributed by atoms with E-state index in [0.29, 0.717) is 13.0 Å². The summed E-state index contributed by atoms with van der Waals surface area (Å²) in [6.45, 7) is 2.00. The molecule has 4 rings (SSSR count). The van der Waals surface area contributed by atoms with Gasteiger partial charge in [0.05, 0.1) is 6.61 Å². The number of alkyl carbamates (subject to hydrolysis) is 1. The Morgan fingerprint density at radius 3 is 2.31 bits per heavy atom. The Kier molecular flexibility index (Phi) is 7.37. The van der Waals surface area contributed by atoms with Crippen molar-refractivity contribution in [2.45, 2.75) is 30.9 Å². The van der Waals surface area contributed by atoms with Crippen LogP contribution in [0.2, 0.25) is 0 Å². The first-order valence-electron chi connectivity index (χ1n) is 11.6. The van der Waals surface area contributed by atoms with E-state index in [9.17, 15) is 19.5 Å². The lowest BCUT2D eigenvalue weighted by Gasteiger charge is -2.29. The number of carbonyl (C=O) groups excluding carboxylic acids is 2. The first-order chi connectivity index (χ1) is 16.8. The van der Waals surface area contributed by atoms with Crippen molar-refractivity contribution in [2.75, 3.05) is 33.5 Å². The van der Waals surface area contributed by atoms with Crippen LogP contribution in [0.5, 0.6) is 0 Å². The number of rotatable bonds is 9. The number of nitrogens with one attached hydrogen (secondary N) is 2. The quantitative estimate of drug-likeness (QED) is 0.502. The van der Waals surface area contributed by atoms with Crippen LogP contribution >= 0.6 is 0 Å². The van der Waals surface area contributed by atoms with Gasteiger partial charge in [-0.1, -0.05) is 48.5 Å². The van der Waals surface area contributed by atoms with Gasteiger partial charge in [-0.15, -0.1) is 0 Å². The molecule has 2 aromatic rings. The Balaban J connectivity index is 1.38. The maximum absolute atomic E-state index is 13.0. The lowest BCUT2D eigenvalue weighted by molar-refractivity contribution is -0.149. The zero-order chi connectivity index (χ0) is 25.0. The molecular weight excluding hydrogens is 452 g/mol. The molecule has 3 atom stereocenters. The number of aliphatic carboxylic acids is 1. The molecular formula is C26H30N2O7. The molecule has 1 heterocycles. The molecule has 0 aromatic heterocycles. The molecule has 0 saturated carbocycles. The summed E-state index contributed by atoms with van der Waals surface area (Å²) in [6.07, 6.45) is -1.17. The summed E-state index contributed by atoms with van der Waals surface area (Å²) in [7, 11) is 1.43. The summed E-state index contributed by atoms with van der Waals surface area (Å²) < 4.78 is 16.0. The molecule has 186 valence electrons. The Morgan fingerprint density at radius 1 is 1.09 bits per heavy atom. The molecule has 1 saturated heterocycles. The lowest BCUT2D eigenvalue weighted by atomic mass is 9.98. The average molecular weight is 483 g/mol. The van der Waals surface area contributed by atoms with Gasteiger partial charge in [0.25, 0.3) is 0 Å². The first-order valence-corrected chi connectivity index (χ1v) is 11.6. The maximum atomic E-state index is 13.0. The fourth-order valence-corrected chi connectivity index (χ4v) is 4.84. The third-order valence-electron chi connectivity index (χ3n) is 6.64. The Labute approximate surface area is 203 Å². The second-order valence-corrected chi connectivity index (χ2v) is 9.10. The summed E-state index contributed by atoms with van der Waals surface area (Å²) in [5.41, 5.74) is 3.01. The zero-order valence-corrected chi connectivity index (χ0v) is 19.8. The molecule has 35 heavy (non-hydrogen) atoms. The van der Waals surface area contributed by atoms with Gasteiger partial charge in [0, 0.05) is 32.1 Å². The molecule has 2 amide bonds. The molecule has 0 radical (unpaired) electrons. The van der Waals surface area contributed by atoms with Crippen LogP contribution in [0.4, 0.5) is 4.79 Å². The van der Waals surface area contributed by atoms with E-state index in [2.05, 4.69) is 22.8 Å². The van der Waals surface area contributed by atoms with Crippen LogP contribution < -0.4 is 10.6 Å². The fraction of sp³-hybridized carbons (Fsp3) is 0.423. The van der Waals surface area contributed by atoms with Crippen LogP contribution in [0.1, 0.15) is 30.4 Å². The largest absolute Gasteiger partial charge is 0.479 e. The van der Waals surface area contributed by atoms with Crippen molar-refractivity contribution >= 4 is 18.0 Å². The highest BCUT2D eigenvalue weighted by molar-refractivity contribution is 5.90. The van der Waals surface area contributed by atoms with Gasteiger partial charge in [-0.05, 0) is 35.6 Å². The van der Waals surface area contributed by atoms with Crippen LogP contribution in [0.25, 0.3) is 11.1 Å². The average Bonchev–Trinajstić information content (AvgIpc) is 3.44. The summed E-state index contributed by atoms with van der Waals surface area (Å²) in [4.78, 5) is 37.0. The number of carboxylic acid groups (broad SMARTS) is 1. The first kappa shape index (κ1) is 24.7. The molecule has 3 N–H and O–H groups in total. The topological polar surface area (TPSA) is 123 Å². The standard InChI is InChI=1S/C26H30N2O7/c1-26(15-33-2,24(31)27-13-16-11-12-34-22(16)23(29)30)28-25(32)35-14-21-19-9-5-3-7-17(19)18-8-4-6-10-20(18)21/h3-10,16,21-22H,11-15H2,1-2H3,(H,27,31)(H,28,32)(H,29,30)/t16-,22-,26?/m0/s1. The van der Waals surface area contributed by atoms with Crippen molar-refractivity contribution in [1.29, 1.82) is 0 Å². The van der Waals surface area contributed by atoms with Crippen molar-refractivity contribution < 1.29 is 33.7 Å². The van der Waals surface area contributed by atoms with E-state index >= 15 is 0 Å². The minimum Gasteiger partial charge on any atom is -0.479 e. The molecule has 2 aromatic carbocycles. The minimum atomic E-state index is -1.41. The molecule has 1 fully saturated rings. The van der Waals surface area contributed by atoms with Gasteiger partial charge in [-0.25, -0.2) is 9.59 Å². The summed E-state index contributed by atoms with van der Waals surface area (Å²) in [5, 5.41) is 14.6. The van der Waals surface area contributed by atoms with Gasteiger partial charge in [-0.2, -0.15) is 0 Å². The van der Waals surface area contributed by atoms with Crippen molar-refractivity contribution in [1.82, 2.24) is 10.6 Å².